The molecule has 86 valence electrons. The minimum atomic E-state index is 1.00. The zero-order valence-electron chi connectivity index (χ0n) is 9.76. The van der Waals surface area contributed by atoms with Crippen molar-refractivity contribution < 1.29 is 0 Å². The fraction of sp³-hybridized carbons (Fsp3) is 0.286. The van der Waals surface area contributed by atoms with Crippen LogP contribution in [0.5, 0.6) is 0 Å². The molecule has 3 heterocycles. The Kier molecular flexibility index (Phi) is 1.90. The molecule has 2 N–H and O–H groups in total. The van der Waals surface area contributed by atoms with E-state index in [9.17, 15) is 0 Å². The number of thiophene rings is 1. The van der Waals surface area contributed by atoms with Gasteiger partial charge in [-0.25, -0.2) is 0 Å². The van der Waals surface area contributed by atoms with Crippen LogP contribution in [0.25, 0.3) is 21.0 Å². The molecule has 0 atom stereocenters. The third-order valence-corrected chi connectivity index (χ3v) is 4.79. The summed E-state index contributed by atoms with van der Waals surface area (Å²) < 4.78 is 1.40. The SMILES string of the molecule is Cc1csc2ccc3[nH]c4c(c3c12)CNCC4. The lowest BCUT2D eigenvalue weighted by Crippen LogP contribution is -2.22. The van der Waals surface area contributed by atoms with Gasteiger partial charge in [-0.05, 0) is 35.6 Å². The summed E-state index contributed by atoms with van der Waals surface area (Å²) in [6, 6.07) is 4.47. The average molecular weight is 242 g/mol. The van der Waals surface area contributed by atoms with Gasteiger partial charge in [0.15, 0.2) is 0 Å². The lowest BCUT2D eigenvalue weighted by molar-refractivity contribution is 0.641. The number of nitrogens with one attached hydrogen (secondary N) is 2. The number of aromatic amines is 1. The van der Waals surface area contributed by atoms with Crippen LogP contribution in [0.2, 0.25) is 0 Å². The molecule has 0 saturated heterocycles. The highest BCUT2D eigenvalue weighted by Gasteiger charge is 2.17. The van der Waals surface area contributed by atoms with Gasteiger partial charge >= 0.3 is 0 Å². The van der Waals surface area contributed by atoms with Gasteiger partial charge in [-0.1, -0.05) is 0 Å². The number of hydrogen-bond donors (Lipinski definition) is 2. The van der Waals surface area contributed by atoms with Gasteiger partial charge in [0.05, 0.1) is 0 Å². The molecule has 3 heteroatoms. The zero-order chi connectivity index (χ0) is 11.4. The summed E-state index contributed by atoms with van der Waals surface area (Å²) in [7, 11) is 0. The highest BCUT2D eigenvalue weighted by Crippen LogP contribution is 2.36. The summed E-state index contributed by atoms with van der Waals surface area (Å²) in [4.78, 5) is 3.59. The summed E-state index contributed by atoms with van der Waals surface area (Å²) in [5.41, 5.74) is 5.62. The number of aromatic nitrogens is 1. The van der Waals surface area contributed by atoms with Crippen molar-refractivity contribution >= 4 is 32.3 Å². The molecule has 1 aromatic carbocycles. The van der Waals surface area contributed by atoms with Crippen LogP contribution in [0.4, 0.5) is 0 Å². The van der Waals surface area contributed by atoms with Gasteiger partial charge in [0.2, 0.25) is 0 Å². The Morgan fingerprint density at radius 1 is 1.24 bits per heavy atom. The first-order valence-electron chi connectivity index (χ1n) is 6.05. The van der Waals surface area contributed by atoms with E-state index in [0.717, 1.165) is 19.5 Å². The van der Waals surface area contributed by atoms with Gasteiger partial charge in [0.1, 0.15) is 0 Å². The van der Waals surface area contributed by atoms with Gasteiger partial charge in [-0.3, -0.25) is 0 Å². The minimum absolute atomic E-state index is 1.00. The van der Waals surface area contributed by atoms with Crippen molar-refractivity contribution in [3.05, 3.63) is 34.3 Å². The minimum Gasteiger partial charge on any atom is -0.358 e. The highest BCUT2D eigenvalue weighted by molar-refractivity contribution is 7.17. The number of fused-ring (bicyclic) bond motifs is 5. The maximum Gasteiger partial charge on any atom is 0.0466 e. The van der Waals surface area contributed by atoms with Crippen LogP contribution in [0.1, 0.15) is 16.8 Å². The summed E-state index contributed by atoms with van der Waals surface area (Å²) in [6.45, 7) is 4.31. The molecular formula is C14H14N2S. The van der Waals surface area contributed by atoms with Crippen molar-refractivity contribution in [1.29, 1.82) is 0 Å². The lowest BCUT2D eigenvalue weighted by atomic mass is 10.0. The van der Waals surface area contributed by atoms with Gasteiger partial charge < -0.3 is 10.3 Å². The summed E-state index contributed by atoms with van der Waals surface area (Å²) in [5, 5.41) is 8.64. The third-order valence-electron chi connectivity index (χ3n) is 3.73. The first kappa shape index (κ1) is 9.68. The van der Waals surface area contributed by atoms with Crippen molar-refractivity contribution in [2.24, 2.45) is 0 Å². The predicted molar refractivity (Wildman–Crippen MR) is 73.8 cm³/mol. The summed E-state index contributed by atoms with van der Waals surface area (Å²) in [6.07, 6.45) is 1.12. The van der Waals surface area contributed by atoms with Crippen LogP contribution in [0.15, 0.2) is 17.5 Å². The fourth-order valence-corrected chi connectivity index (χ4v) is 3.87. The molecule has 3 aromatic rings. The Morgan fingerprint density at radius 2 is 2.18 bits per heavy atom. The van der Waals surface area contributed by atoms with Crippen LogP contribution in [-0.2, 0) is 13.0 Å². The van der Waals surface area contributed by atoms with Crippen LogP contribution in [-0.4, -0.2) is 11.5 Å². The third kappa shape index (κ3) is 1.24. The van der Waals surface area contributed by atoms with E-state index in [-0.39, 0.29) is 0 Å². The second-order valence-corrected chi connectivity index (χ2v) is 5.70. The van der Waals surface area contributed by atoms with E-state index in [4.69, 9.17) is 0 Å². The maximum absolute atomic E-state index is 3.59. The van der Waals surface area contributed by atoms with E-state index in [2.05, 4.69) is 34.7 Å². The Balaban J connectivity index is 2.23. The molecule has 17 heavy (non-hydrogen) atoms. The molecule has 0 spiro atoms. The Morgan fingerprint density at radius 3 is 3.12 bits per heavy atom. The fourth-order valence-electron chi connectivity index (χ4n) is 2.93. The zero-order valence-corrected chi connectivity index (χ0v) is 10.6. The van der Waals surface area contributed by atoms with Crippen molar-refractivity contribution in [3.63, 3.8) is 0 Å². The molecule has 1 aliphatic rings. The average Bonchev–Trinajstić information content (AvgIpc) is 2.90. The maximum atomic E-state index is 3.59. The van der Waals surface area contributed by atoms with Gasteiger partial charge in [-0.15, -0.1) is 11.3 Å². The molecule has 0 radical (unpaired) electrons. The van der Waals surface area contributed by atoms with Gasteiger partial charge in [0, 0.05) is 46.2 Å². The first-order chi connectivity index (χ1) is 8.34. The summed E-state index contributed by atoms with van der Waals surface area (Å²) >= 11 is 1.85. The second-order valence-electron chi connectivity index (χ2n) is 4.79. The molecule has 4 rings (SSSR count). The standard InChI is InChI=1S/C14H14N2S/c1-8-7-17-12-3-2-11-14(13(8)12)9-6-15-5-4-10(9)16-11/h2-3,7,15-16H,4-6H2,1H3. The van der Waals surface area contributed by atoms with Gasteiger partial charge in [0.25, 0.3) is 0 Å². The van der Waals surface area contributed by atoms with Gasteiger partial charge in [-0.2, -0.15) is 0 Å². The van der Waals surface area contributed by atoms with Crippen molar-refractivity contribution in [2.75, 3.05) is 6.54 Å². The lowest BCUT2D eigenvalue weighted by Gasteiger charge is -2.12. The number of hydrogen-bond acceptors (Lipinski definition) is 2. The summed E-state index contributed by atoms with van der Waals surface area (Å²) in [5.74, 6) is 0. The van der Waals surface area contributed by atoms with E-state index in [1.807, 2.05) is 11.3 Å². The quantitative estimate of drug-likeness (QED) is 0.621. The molecule has 0 unspecified atom stereocenters. The number of aryl methyl sites for hydroxylation is 1. The van der Waals surface area contributed by atoms with Crippen molar-refractivity contribution in [2.45, 2.75) is 19.9 Å². The molecular weight excluding hydrogens is 228 g/mol. The Bertz CT molecular complexity index is 721. The molecule has 0 fully saturated rings. The van der Waals surface area contributed by atoms with Crippen molar-refractivity contribution in [3.8, 4) is 0 Å². The molecule has 2 aromatic heterocycles. The predicted octanol–water partition coefficient (Wildman–Crippen LogP) is 3.34. The smallest absolute Gasteiger partial charge is 0.0466 e. The Labute approximate surface area is 104 Å². The molecule has 2 nitrogen and oxygen atoms in total. The van der Waals surface area contributed by atoms with E-state index in [0.29, 0.717) is 0 Å². The highest BCUT2D eigenvalue weighted by atomic mass is 32.1. The van der Waals surface area contributed by atoms with E-state index in [1.54, 1.807) is 0 Å². The van der Waals surface area contributed by atoms with Crippen LogP contribution < -0.4 is 5.32 Å². The number of benzene rings is 1. The van der Waals surface area contributed by atoms with Crippen LogP contribution in [0, 0.1) is 6.92 Å². The van der Waals surface area contributed by atoms with E-state index < -0.39 is 0 Å². The first-order valence-corrected chi connectivity index (χ1v) is 6.93. The van der Waals surface area contributed by atoms with E-state index >= 15 is 0 Å². The Hall–Kier alpha value is -1.32. The largest absolute Gasteiger partial charge is 0.358 e. The number of rotatable bonds is 0. The van der Waals surface area contributed by atoms with Crippen LogP contribution in [0.3, 0.4) is 0 Å². The molecule has 0 saturated carbocycles. The molecule has 0 amide bonds. The molecule has 0 bridgehead atoms. The number of H-pyrrole nitrogens is 1. The second kappa shape index (κ2) is 3.34. The normalized spacial score (nSPS) is 15.6. The topological polar surface area (TPSA) is 27.8 Å². The molecule has 0 aliphatic carbocycles. The van der Waals surface area contributed by atoms with Crippen molar-refractivity contribution in [1.82, 2.24) is 10.3 Å². The monoisotopic (exact) mass is 242 g/mol. The molecule has 1 aliphatic heterocycles. The van der Waals surface area contributed by atoms with E-state index in [1.165, 1.54) is 37.8 Å². The van der Waals surface area contributed by atoms with Crippen LogP contribution >= 0.6 is 11.3 Å².